The first-order valence-corrected chi connectivity index (χ1v) is 12.8. The number of anilines is 3. The Morgan fingerprint density at radius 2 is 1.39 bits per heavy atom. The zero-order chi connectivity index (χ0) is 26.2. The molecule has 0 unspecified atom stereocenters. The number of rotatable bonds is 17. The van der Waals surface area contributed by atoms with Gasteiger partial charge in [-0.1, -0.05) is 25.0 Å². The van der Waals surface area contributed by atoms with Crippen molar-refractivity contribution in [3.05, 3.63) is 54.1 Å². The molecule has 3 N–H and O–H groups in total. The lowest BCUT2D eigenvalue weighted by Crippen LogP contribution is -2.22. The number of hydroxylamine groups is 1. The molecule has 0 aromatic heterocycles. The van der Waals surface area contributed by atoms with Crippen molar-refractivity contribution in [1.82, 2.24) is 5.48 Å². The van der Waals surface area contributed by atoms with Gasteiger partial charge in [0.2, 0.25) is 11.8 Å². The summed E-state index contributed by atoms with van der Waals surface area (Å²) in [5, 5.41) is 11.4. The highest BCUT2D eigenvalue weighted by Gasteiger charge is 2.05. The molecule has 198 valence electrons. The maximum Gasteiger partial charge on any atom is 0.243 e. The molecule has 2 aromatic carbocycles. The van der Waals surface area contributed by atoms with Crippen LogP contribution >= 0.6 is 0 Å². The summed E-state index contributed by atoms with van der Waals surface area (Å²) in [6, 6.07) is 16.5. The third-order valence-electron chi connectivity index (χ3n) is 6.05. The summed E-state index contributed by atoms with van der Waals surface area (Å²) in [5.74, 6) is -0.376. The number of unbranched alkanes of at least 4 members (excludes halogenated alkanes) is 3. The highest BCUT2D eigenvalue weighted by molar-refractivity contribution is 5.90. The molecule has 8 heteroatoms. The monoisotopic (exact) mass is 498 g/mol. The molecule has 0 saturated heterocycles. The van der Waals surface area contributed by atoms with Crippen molar-refractivity contribution in [3.63, 3.8) is 0 Å². The van der Waals surface area contributed by atoms with Crippen LogP contribution in [-0.4, -0.2) is 57.9 Å². The van der Waals surface area contributed by atoms with Crippen LogP contribution in [0.2, 0.25) is 0 Å². The summed E-state index contributed by atoms with van der Waals surface area (Å²) in [7, 11) is 6.13. The first-order chi connectivity index (χ1) is 17.4. The van der Waals surface area contributed by atoms with E-state index in [9.17, 15) is 9.59 Å². The molecular formula is C28H42N4O4. The molecule has 0 heterocycles. The van der Waals surface area contributed by atoms with E-state index in [0.29, 0.717) is 25.9 Å². The fourth-order valence-corrected chi connectivity index (χ4v) is 3.78. The van der Waals surface area contributed by atoms with Gasteiger partial charge in [0.05, 0.1) is 6.61 Å². The average Bonchev–Trinajstić information content (AvgIpc) is 2.88. The molecule has 2 rings (SSSR count). The van der Waals surface area contributed by atoms with Crippen LogP contribution in [0.4, 0.5) is 17.1 Å². The van der Waals surface area contributed by atoms with Crippen LogP contribution in [0.25, 0.3) is 0 Å². The lowest BCUT2D eigenvalue weighted by atomic mass is 10.1. The number of benzene rings is 2. The van der Waals surface area contributed by atoms with Crippen molar-refractivity contribution >= 4 is 28.9 Å². The predicted molar refractivity (Wildman–Crippen MR) is 146 cm³/mol. The largest absolute Gasteiger partial charge is 0.380 e. The fourth-order valence-electron chi connectivity index (χ4n) is 3.78. The van der Waals surface area contributed by atoms with Gasteiger partial charge in [-0.05, 0) is 67.6 Å². The molecule has 2 aromatic rings. The second kappa shape index (κ2) is 16.5. The van der Waals surface area contributed by atoms with E-state index < -0.39 is 0 Å². The Bertz CT molecular complexity index is 901. The van der Waals surface area contributed by atoms with Gasteiger partial charge in [-0.3, -0.25) is 14.8 Å². The number of nitrogens with one attached hydrogen (secondary N) is 2. The summed E-state index contributed by atoms with van der Waals surface area (Å²) >= 11 is 0. The van der Waals surface area contributed by atoms with Crippen molar-refractivity contribution in [2.45, 2.75) is 51.4 Å². The Hall–Kier alpha value is -3.10. The smallest absolute Gasteiger partial charge is 0.243 e. The van der Waals surface area contributed by atoms with Crippen molar-refractivity contribution in [3.8, 4) is 0 Å². The van der Waals surface area contributed by atoms with Gasteiger partial charge in [-0.2, -0.15) is 0 Å². The van der Waals surface area contributed by atoms with Crippen LogP contribution in [0, 0.1) is 0 Å². The number of amides is 2. The predicted octanol–water partition coefficient (Wildman–Crippen LogP) is 4.62. The fraction of sp³-hybridized carbons (Fsp3) is 0.500. The van der Waals surface area contributed by atoms with Crippen LogP contribution < -0.4 is 20.6 Å². The molecule has 2 amide bonds. The molecule has 0 bridgehead atoms. The molecule has 0 aliphatic heterocycles. The Balaban J connectivity index is 1.56. The maximum absolute atomic E-state index is 12.1. The van der Waals surface area contributed by atoms with E-state index in [1.165, 1.54) is 11.3 Å². The Labute approximate surface area is 215 Å². The topological polar surface area (TPSA) is 94.1 Å². The number of ether oxygens (including phenoxy) is 1. The standard InChI is InChI=1S/C28H42N4O4/c1-31(2)25-16-12-23(13-17-25)9-8-21-36-22-20-32(3)26-18-14-24(15-19-26)29-27(33)10-6-4-5-7-11-28(34)30-35/h12-19,35H,4-11,20-22H2,1-3H3,(H,29,33)(H,30,34). The van der Waals surface area contributed by atoms with Crippen molar-refractivity contribution < 1.29 is 19.5 Å². The molecule has 0 aliphatic rings. The van der Waals surface area contributed by atoms with Gasteiger partial charge < -0.3 is 19.9 Å². The quantitative estimate of drug-likeness (QED) is 0.167. The van der Waals surface area contributed by atoms with Gasteiger partial charge in [-0.15, -0.1) is 0 Å². The van der Waals surface area contributed by atoms with Gasteiger partial charge in [0.25, 0.3) is 0 Å². The van der Waals surface area contributed by atoms with E-state index in [0.717, 1.165) is 56.6 Å². The molecule has 36 heavy (non-hydrogen) atoms. The normalized spacial score (nSPS) is 10.7. The summed E-state index contributed by atoms with van der Waals surface area (Å²) in [4.78, 5) is 27.3. The third-order valence-corrected chi connectivity index (χ3v) is 6.05. The Morgan fingerprint density at radius 3 is 2.00 bits per heavy atom. The van der Waals surface area contributed by atoms with Gasteiger partial charge in [-0.25, -0.2) is 5.48 Å². The number of aryl methyl sites for hydroxylation is 1. The average molecular weight is 499 g/mol. The molecule has 0 radical (unpaired) electrons. The van der Waals surface area contributed by atoms with Crippen molar-refractivity contribution in [1.29, 1.82) is 0 Å². The SMILES string of the molecule is CN(C)c1ccc(CCCOCCN(C)c2ccc(NC(=O)CCCCCCC(=O)NO)cc2)cc1. The zero-order valence-electron chi connectivity index (χ0n) is 22.0. The van der Waals surface area contributed by atoms with E-state index in [1.807, 2.05) is 45.4 Å². The number of hydrogen-bond acceptors (Lipinski definition) is 6. The highest BCUT2D eigenvalue weighted by atomic mass is 16.5. The molecule has 0 fully saturated rings. The number of nitrogens with zero attached hydrogens (tertiary/aromatic N) is 2. The van der Waals surface area contributed by atoms with E-state index in [4.69, 9.17) is 9.94 Å². The lowest BCUT2D eigenvalue weighted by Gasteiger charge is -2.19. The molecule has 0 atom stereocenters. The van der Waals surface area contributed by atoms with E-state index >= 15 is 0 Å². The molecule has 0 saturated carbocycles. The van der Waals surface area contributed by atoms with Crippen LogP contribution in [-0.2, 0) is 20.7 Å². The van der Waals surface area contributed by atoms with Crippen LogP contribution in [0.5, 0.6) is 0 Å². The number of carbonyl (C=O) groups is 2. The summed E-state index contributed by atoms with van der Waals surface area (Å²) in [6.45, 7) is 2.20. The molecule has 0 aliphatic carbocycles. The second-order valence-electron chi connectivity index (χ2n) is 9.24. The van der Waals surface area contributed by atoms with Crippen LogP contribution in [0.15, 0.2) is 48.5 Å². The van der Waals surface area contributed by atoms with Crippen LogP contribution in [0.3, 0.4) is 0 Å². The molecular weight excluding hydrogens is 456 g/mol. The number of carbonyl (C=O) groups excluding carboxylic acids is 2. The minimum atomic E-state index is -0.368. The minimum absolute atomic E-state index is 0.00810. The number of hydrogen-bond donors (Lipinski definition) is 3. The zero-order valence-corrected chi connectivity index (χ0v) is 22.0. The highest BCUT2D eigenvalue weighted by Crippen LogP contribution is 2.18. The van der Waals surface area contributed by atoms with Crippen molar-refractivity contribution in [2.75, 3.05) is 56.0 Å². The first kappa shape index (κ1) is 29.1. The van der Waals surface area contributed by atoms with Crippen molar-refractivity contribution in [2.24, 2.45) is 0 Å². The van der Waals surface area contributed by atoms with E-state index in [1.54, 1.807) is 5.48 Å². The Morgan fingerprint density at radius 1 is 0.778 bits per heavy atom. The molecule has 0 spiro atoms. The second-order valence-corrected chi connectivity index (χ2v) is 9.24. The van der Waals surface area contributed by atoms with Crippen LogP contribution in [0.1, 0.15) is 50.5 Å². The summed E-state index contributed by atoms with van der Waals surface area (Å²) in [6.07, 6.45) is 5.99. The third kappa shape index (κ3) is 11.6. The maximum atomic E-state index is 12.1. The summed E-state index contributed by atoms with van der Waals surface area (Å²) in [5.41, 5.74) is 6.03. The van der Waals surface area contributed by atoms with E-state index in [-0.39, 0.29) is 11.8 Å². The van der Waals surface area contributed by atoms with Gasteiger partial charge in [0.1, 0.15) is 0 Å². The minimum Gasteiger partial charge on any atom is -0.380 e. The Kier molecular flexibility index (Phi) is 13.4. The lowest BCUT2D eigenvalue weighted by molar-refractivity contribution is -0.129. The van der Waals surface area contributed by atoms with Gasteiger partial charge >= 0.3 is 0 Å². The molecule has 8 nitrogen and oxygen atoms in total. The number of likely N-dealkylation sites (N-methyl/N-ethyl adjacent to an activating group) is 1. The first-order valence-electron chi connectivity index (χ1n) is 12.8. The van der Waals surface area contributed by atoms with Gasteiger partial charge in [0, 0.05) is 64.2 Å². The summed E-state index contributed by atoms with van der Waals surface area (Å²) < 4.78 is 5.83. The van der Waals surface area contributed by atoms with Gasteiger partial charge in [0.15, 0.2) is 0 Å². The van der Waals surface area contributed by atoms with E-state index in [2.05, 4.69) is 39.4 Å².